The van der Waals surface area contributed by atoms with Crippen molar-refractivity contribution >= 4 is 39.8 Å². The van der Waals surface area contributed by atoms with Gasteiger partial charge in [0.2, 0.25) is 0 Å². The van der Waals surface area contributed by atoms with Gasteiger partial charge in [0.15, 0.2) is 11.0 Å². The number of thioether (sulfide) groups is 1. The smallest absolute Gasteiger partial charge is 0.250 e. The zero-order valence-corrected chi connectivity index (χ0v) is 20.4. The van der Waals surface area contributed by atoms with Crippen molar-refractivity contribution in [2.45, 2.75) is 5.16 Å². The largest absolute Gasteiger partial charge is 0.497 e. The highest BCUT2D eigenvalue weighted by molar-refractivity contribution is 9.10. The molecule has 0 fully saturated rings. The van der Waals surface area contributed by atoms with Crippen molar-refractivity contribution in [2.24, 2.45) is 5.10 Å². The molecule has 4 aromatic rings. The molecule has 0 aliphatic carbocycles. The van der Waals surface area contributed by atoms with E-state index < -0.39 is 5.82 Å². The Kier molecular flexibility index (Phi) is 7.71. The van der Waals surface area contributed by atoms with Gasteiger partial charge in [-0.05, 0) is 54.6 Å². The highest BCUT2D eigenvalue weighted by Crippen LogP contribution is 2.29. The molecule has 172 valence electrons. The Bertz CT molecular complexity index is 1310. The maximum absolute atomic E-state index is 13.8. The molecule has 1 aromatic heterocycles. The van der Waals surface area contributed by atoms with Gasteiger partial charge in [-0.1, -0.05) is 45.9 Å². The number of rotatable bonds is 8. The predicted octanol–water partition coefficient (Wildman–Crippen LogP) is 5.09. The Morgan fingerprint density at radius 3 is 2.65 bits per heavy atom. The van der Waals surface area contributed by atoms with E-state index in [1.54, 1.807) is 19.2 Å². The number of benzene rings is 3. The zero-order valence-electron chi connectivity index (χ0n) is 18.0. The van der Waals surface area contributed by atoms with Gasteiger partial charge in [-0.2, -0.15) is 5.10 Å². The number of hydrogen-bond donors (Lipinski definition) is 1. The Hall–Kier alpha value is -3.50. The maximum Gasteiger partial charge on any atom is 0.250 e. The van der Waals surface area contributed by atoms with Crippen LogP contribution in [-0.2, 0) is 4.79 Å². The summed E-state index contributed by atoms with van der Waals surface area (Å²) < 4.78 is 21.6. The minimum atomic E-state index is -0.433. The topological polar surface area (TPSA) is 81.4 Å². The summed E-state index contributed by atoms with van der Waals surface area (Å²) in [6.07, 6.45) is 1.26. The van der Waals surface area contributed by atoms with Crippen LogP contribution in [0.4, 0.5) is 4.39 Å². The molecule has 0 aliphatic rings. The zero-order chi connectivity index (χ0) is 23.9. The summed E-state index contributed by atoms with van der Waals surface area (Å²) in [6, 6.07) is 21.6. The molecular weight excluding hydrogens is 521 g/mol. The Morgan fingerprint density at radius 1 is 1.15 bits per heavy atom. The standard InChI is InChI=1S/C24H19BrFN5O2S/c1-33-20-10-7-16(8-11-20)23-29-30-24(31(23)19-5-3-2-4-6-19)34-15-22(32)28-27-14-17-13-18(25)9-12-21(17)26/h2-14H,15H2,1H3,(H,28,32)/b27-14+. The summed E-state index contributed by atoms with van der Waals surface area (Å²) in [5.74, 6) is 0.637. The maximum atomic E-state index is 13.8. The van der Waals surface area contributed by atoms with Crippen molar-refractivity contribution in [1.82, 2.24) is 20.2 Å². The van der Waals surface area contributed by atoms with Gasteiger partial charge < -0.3 is 4.74 Å². The third kappa shape index (κ3) is 5.70. The third-order valence-electron chi connectivity index (χ3n) is 4.68. The Balaban J connectivity index is 1.50. The van der Waals surface area contributed by atoms with Crippen molar-refractivity contribution in [1.29, 1.82) is 0 Å². The Morgan fingerprint density at radius 2 is 1.91 bits per heavy atom. The molecule has 0 saturated carbocycles. The van der Waals surface area contributed by atoms with E-state index in [0.29, 0.717) is 15.5 Å². The van der Waals surface area contributed by atoms with Crippen LogP contribution in [0.25, 0.3) is 17.1 Å². The van der Waals surface area contributed by atoms with E-state index in [-0.39, 0.29) is 17.2 Å². The lowest BCUT2D eigenvalue weighted by molar-refractivity contribution is -0.118. The third-order valence-corrected chi connectivity index (χ3v) is 6.10. The van der Waals surface area contributed by atoms with Crippen LogP contribution in [0.3, 0.4) is 0 Å². The van der Waals surface area contributed by atoms with E-state index in [0.717, 1.165) is 17.0 Å². The number of methoxy groups -OCH3 is 1. The van der Waals surface area contributed by atoms with Crippen LogP contribution in [0.2, 0.25) is 0 Å². The van der Waals surface area contributed by atoms with Crippen LogP contribution < -0.4 is 10.2 Å². The number of hydrogen-bond acceptors (Lipinski definition) is 6. The van der Waals surface area contributed by atoms with E-state index in [1.807, 2.05) is 59.2 Å². The van der Waals surface area contributed by atoms with E-state index in [1.165, 1.54) is 24.0 Å². The molecule has 3 aromatic carbocycles. The van der Waals surface area contributed by atoms with Crippen LogP contribution in [0.15, 0.2) is 87.5 Å². The van der Waals surface area contributed by atoms with Gasteiger partial charge in [0.05, 0.1) is 19.1 Å². The van der Waals surface area contributed by atoms with Crippen molar-refractivity contribution in [3.05, 3.63) is 88.6 Å². The summed E-state index contributed by atoms with van der Waals surface area (Å²) in [7, 11) is 1.61. The molecule has 0 bridgehead atoms. The van der Waals surface area contributed by atoms with Crippen LogP contribution in [0, 0.1) is 5.82 Å². The number of hydrazone groups is 1. The number of para-hydroxylation sites is 1. The van der Waals surface area contributed by atoms with Crippen molar-refractivity contribution in [2.75, 3.05) is 12.9 Å². The average molecular weight is 540 g/mol. The molecular formula is C24H19BrFN5O2S. The van der Waals surface area contributed by atoms with Gasteiger partial charge in [-0.3, -0.25) is 9.36 Å². The average Bonchev–Trinajstić information content (AvgIpc) is 3.29. The fraction of sp³-hybridized carbons (Fsp3) is 0.0833. The number of nitrogens with zero attached hydrogens (tertiary/aromatic N) is 4. The molecule has 34 heavy (non-hydrogen) atoms. The Labute approximate surface area is 208 Å². The first-order valence-corrected chi connectivity index (χ1v) is 11.9. The van der Waals surface area contributed by atoms with Crippen molar-refractivity contribution in [3.63, 3.8) is 0 Å². The molecule has 0 saturated heterocycles. The highest BCUT2D eigenvalue weighted by Gasteiger charge is 2.17. The molecule has 0 radical (unpaired) electrons. The number of carbonyl (C=O) groups excluding carboxylic acids is 1. The summed E-state index contributed by atoms with van der Waals surface area (Å²) in [5.41, 5.74) is 4.40. The van der Waals surface area contributed by atoms with Gasteiger partial charge in [0.25, 0.3) is 5.91 Å². The first kappa shape index (κ1) is 23.7. The van der Waals surface area contributed by atoms with Gasteiger partial charge in [-0.15, -0.1) is 10.2 Å². The summed E-state index contributed by atoms with van der Waals surface area (Å²) >= 11 is 4.50. The lowest BCUT2D eigenvalue weighted by Crippen LogP contribution is -2.20. The molecule has 1 amide bonds. The molecule has 0 atom stereocenters. The van der Waals surface area contributed by atoms with E-state index in [4.69, 9.17) is 4.74 Å². The van der Waals surface area contributed by atoms with Crippen LogP contribution in [-0.4, -0.2) is 39.7 Å². The molecule has 7 nitrogen and oxygen atoms in total. The normalized spacial score (nSPS) is 11.0. The van der Waals surface area contributed by atoms with E-state index >= 15 is 0 Å². The van der Waals surface area contributed by atoms with Crippen LogP contribution >= 0.6 is 27.7 Å². The first-order valence-electron chi connectivity index (χ1n) is 10.1. The van der Waals surface area contributed by atoms with Crippen LogP contribution in [0.1, 0.15) is 5.56 Å². The molecule has 1 N–H and O–H groups in total. The van der Waals surface area contributed by atoms with Gasteiger partial charge in [-0.25, -0.2) is 9.82 Å². The van der Waals surface area contributed by atoms with Gasteiger partial charge in [0, 0.05) is 21.3 Å². The summed E-state index contributed by atoms with van der Waals surface area (Å²) in [4.78, 5) is 12.3. The second kappa shape index (κ2) is 11.1. The SMILES string of the molecule is COc1ccc(-c2nnc(SCC(=O)N/N=C/c3cc(Br)ccc3F)n2-c2ccccc2)cc1. The van der Waals surface area contributed by atoms with Gasteiger partial charge in [0.1, 0.15) is 11.6 Å². The number of amides is 1. The molecule has 10 heteroatoms. The first-order chi connectivity index (χ1) is 16.5. The monoisotopic (exact) mass is 539 g/mol. The number of ether oxygens (including phenoxy) is 1. The number of aromatic nitrogens is 3. The second-order valence-corrected chi connectivity index (χ2v) is 8.81. The predicted molar refractivity (Wildman–Crippen MR) is 134 cm³/mol. The minimum absolute atomic E-state index is 0.0475. The molecule has 0 spiro atoms. The van der Waals surface area contributed by atoms with Gasteiger partial charge >= 0.3 is 0 Å². The fourth-order valence-electron chi connectivity index (χ4n) is 3.05. The highest BCUT2D eigenvalue weighted by atomic mass is 79.9. The van der Waals surface area contributed by atoms with Crippen molar-refractivity contribution in [3.8, 4) is 22.8 Å². The van der Waals surface area contributed by atoms with Crippen molar-refractivity contribution < 1.29 is 13.9 Å². The molecule has 4 rings (SSSR count). The summed E-state index contributed by atoms with van der Waals surface area (Å²) in [5, 5.41) is 13.1. The van der Waals surface area contributed by atoms with Crippen LogP contribution in [0.5, 0.6) is 5.75 Å². The lowest BCUT2D eigenvalue weighted by Gasteiger charge is -2.10. The quantitative estimate of drug-likeness (QED) is 0.191. The summed E-state index contributed by atoms with van der Waals surface area (Å²) in [6.45, 7) is 0. The molecule has 0 aliphatic heterocycles. The minimum Gasteiger partial charge on any atom is -0.497 e. The lowest BCUT2D eigenvalue weighted by atomic mass is 10.2. The molecule has 0 unspecified atom stereocenters. The number of carbonyl (C=O) groups is 1. The number of halogens is 2. The second-order valence-electron chi connectivity index (χ2n) is 6.95. The van der Waals surface area contributed by atoms with E-state index in [2.05, 4.69) is 36.7 Å². The fourth-order valence-corrected chi connectivity index (χ4v) is 4.17. The molecule has 1 heterocycles. The number of nitrogens with one attached hydrogen (secondary N) is 1. The van der Waals surface area contributed by atoms with E-state index in [9.17, 15) is 9.18 Å².